The molecule has 3 nitrogen and oxygen atoms in total. The number of hydrogen-bond donors (Lipinski definition) is 0. The van der Waals surface area contributed by atoms with Gasteiger partial charge in [-0.15, -0.1) is 0 Å². The predicted octanol–water partition coefficient (Wildman–Crippen LogP) is 2.38. The molecule has 86 valence electrons. The second-order valence-electron chi connectivity index (χ2n) is 3.67. The van der Waals surface area contributed by atoms with Crippen molar-refractivity contribution in [3.05, 3.63) is 29.6 Å². The molecular weight excluding hydrogens is 211 g/mol. The predicted molar refractivity (Wildman–Crippen MR) is 57.2 cm³/mol. The highest BCUT2D eigenvalue weighted by atomic mass is 19.1. The number of carbonyl (C=O) groups is 2. The van der Waals surface area contributed by atoms with Gasteiger partial charge in [-0.05, 0) is 26.0 Å². The van der Waals surface area contributed by atoms with Crippen molar-refractivity contribution in [2.75, 3.05) is 0 Å². The number of hydrogen-bond acceptors (Lipinski definition) is 3. The van der Waals surface area contributed by atoms with Crippen LogP contribution in [-0.4, -0.2) is 18.2 Å². The highest BCUT2D eigenvalue weighted by Gasteiger charge is 2.08. The van der Waals surface area contributed by atoms with Crippen molar-refractivity contribution in [1.82, 2.24) is 0 Å². The fraction of sp³-hybridized carbons (Fsp3) is 0.333. The number of halogens is 1. The van der Waals surface area contributed by atoms with Gasteiger partial charge in [-0.3, -0.25) is 9.59 Å². The maximum absolute atomic E-state index is 13.0. The van der Waals surface area contributed by atoms with E-state index in [9.17, 15) is 14.0 Å². The molecule has 1 aromatic carbocycles. The second-order valence-corrected chi connectivity index (χ2v) is 3.67. The first-order valence-electron chi connectivity index (χ1n) is 4.93. The van der Waals surface area contributed by atoms with Crippen LogP contribution in [0.5, 0.6) is 5.75 Å². The molecule has 1 unspecified atom stereocenters. The van der Waals surface area contributed by atoms with E-state index in [2.05, 4.69) is 0 Å². The second kappa shape index (κ2) is 5.39. The summed E-state index contributed by atoms with van der Waals surface area (Å²) in [5.74, 6) is -0.273. The van der Waals surface area contributed by atoms with Gasteiger partial charge in [0.2, 0.25) is 0 Å². The van der Waals surface area contributed by atoms with E-state index in [0.29, 0.717) is 6.29 Å². The number of aldehydes is 1. The van der Waals surface area contributed by atoms with Gasteiger partial charge in [-0.2, -0.15) is 0 Å². The quantitative estimate of drug-likeness (QED) is 0.721. The Morgan fingerprint density at radius 1 is 1.50 bits per heavy atom. The Morgan fingerprint density at radius 3 is 2.75 bits per heavy atom. The summed E-state index contributed by atoms with van der Waals surface area (Å²) in [4.78, 5) is 21.3. The molecule has 1 rings (SSSR count). The largest absolute Gasteiger partial charge is 0.490 e. The fourth-order valence-electron chi connectivity index (χ4n) is 1.40. The number of carbonyl (C=O) groups excluding carboxylic acids is 2. The third kappa shape index (κ3) is 3.81. The van der Waals surface area contributed by atoms with E-state index in [0.717, 1.165) is 6.07 Å². The molecule has 1 aromatic rings. The van der Waals surface area contributed by atoms with E-state index in [1.54, 1.807) is 6.92 Å². The molecule has 0 spiro atoms. The van der Waals surface area contributed by atoms with Crippen molar-refractivity contribution in [2.45, 2.75) is 26.4 Å². The first kappa shape index (κ1) is 12.4. The summed E-state index contributed by atoms with van der Waals surface area (Å²) >= 11 is 0. The van der Waals surface area contributed by atoms with Gasteiger partial charge in [-0.1, -0.05) is 0 Å². The lowest BCUT2D eigenvalue weighted by Gasteiger charge is -2.13. The van der Waals surface area contributed by atoms with E-state index in [-0.39, 0.29) is 29.6 Å². The van der Waals surface area contributed by atoms with E-state index in [1.807, 2.05) is 0 Å². The lowest BCUT2D eigenvalue weighted by atomic mass is 10.2. The molecule has 0 N–H and O–H groups in total. The van der Waals surface area contributed by atoms with Crippen LogP contribution < -0.4 is 4.74 Å². The van der Waals surface area contributed by atoms with Gasteiger partial charge in [0.05, 0.1) is 0 Å². The van der Waals surface area contributed by atoms with Crippen LogP contribution in [0.15, 0.2) is 18.2 Å². The third-order valence-corrected chi connectivity index (χ3v) is 1.94. The molecule has 0 heterocycles. The molecule has 0 fully saturated rings. The molecule has 4 heteroatoms. The van der Waals surface area contributed by atoms with Crippen molar-refractivity contribution in [1.29, 1.82) is 0 Å². The maximum Gasteiger partial charge on any atom is 0.150 e. The van der Waals surface area contributed by atoms with Crippen LogP contribution in [0, 0.1) is 5.82 Å². The summed E-state index contributed by atoms with van der Waals surface area (Å²) < 4.78 is 18.4. The fourth-order valence-corrected chi connectivity index (χ4v) is 1.40. The van der Waals surface area contributed by atoms with Crippen LogP contribution in [0.4, 0.5) is 4.39 Å². The molecule has 1 atom stereocenters. The molecule has 0 aromatic heterocycles. The first-order valence-corrected chi connectivity index (χ1v) is 4.93. The minimum Gasteiger partial charge on any atom is -0.490 e. The summed E-state index contributed by atoms with van der Waals surface area (Å²) in [7, 11) is 0. The number of rotatable bonds is 5. The van der Waals surface area contributed by atoms with Crippen LogP contribution in [0.25, 0.3) is 0 Å². The van der Waals surface area contributed by atoms with Crippen LogP contribution in [0.3, 0.4) is 0 Å². The Balaban J connectivity index is 2.76. The van der Waals surface area contributed by atoms with Crippen LogP contribution in [0.2, 0.25) is 0 Å². The molecule has 16 heavy (non-hydrogen) atoms. The average Bonchev–Trinajstić information content (AvgIpc) is 2.14. The molecular formula is C12H13FO3. The van der Waals surface area contributed by atoms with E-state index in [4.69, 9.17) is 4.74 Å². The number of ketones is 1. The Kier molecular flexibility index (Phi) is 4.17. The molecule has 0 aliphatic carbocycles. The van der Waals surface area contributed by atoms with Crippen molar-refractivity contribution in [3.8, 4) is 5.75 Å². The molecule has 0 bridgehead atoms. The van der Waals surface area contributed by atoms with Crippen LogP contribution in [0.1, 0.15) is 30.6 Å². The summed E-state index contributed by atoms with van der Waals surface area (Å²) in [6.45, 7) is 3.18. The number of benzene rings is 1. The molecule has 0 saturated heterocycles. The highest BCUT2D eigenvalue weighted by molar-refractivity contribution is 5.76. The summed E-state index contributed by atoms with van der Waals surface area (Å²) in [6, 6.07) is 3.74. The Labute approximate surface area is 93.2 Å². The molecule has 0 radical (unpaired) electrons. The minimum atomic E-state index is -0.533. The third-order valence-electron chi connectivity index (χ3n) is 1.94. The van der Waals surface area contributed by atoms with Crippen molar-refractivity contribution in [3.63, 3.8) is 0 Å². The van der Waals surface area contributed by atoms with Gasteiger partial charge in [-0.25, -0.2) is 4.39 Å². The van der Waals surface area contributed by atoms with Gasteiger partial charge in [0.25, 0.3) is 0 Å². The van der Waals surface area contributed by atoms with Crippen LogP contribution in [-0.2, 0) is 4.79 Å². The number of Topliss-reactive ketones (excluding diaryl/α,β-unsaturated/α-hetero) is 1. The van der Waals surface area contributed by atoms with E-state index >= 15 is 0 Å². The Morgan fingerprint density at radius 2 is 2.19 bits per heavy atom. The summed E-state index contributed by atoms with van der Waals surface area (Å²) in [5, 5.41) is 0. The van der Waals surface area contributed by atoms with Gasteiger partial charge in [0.15, 0.2) is 0 Å². The van der Waals surface area contributed by atoms with E-state index in [1.165, 1.54) is 19.1 Å². The lowest BCUT2D eigenvalue weighted by molar-refractivity contribution is -0.118. The van der Waals surface area contributed by atoms with Crippen molar-refractivity contribution < 1.29 is 18.7 Å². The van der Waals surface area contributed by atoms with Gasteiger partial charge < -0.3 is 4.74 Å². The summed E-state index contributed by atoms with van der Waals surface area (Å²) in [6.07, 6.45) is 0.470. The monoisotopic (exact) mass is 224 g/mol. The van der Waals surface area contributed by atoms with Gasteiger partial charge in [0.1, 0.15) is 29.7 Å². The normalized spacial score (nSPS) is 11.9. The molecule has 0 aliphatic rings. The standard InChI is InChI=1S/C12H13FO3/c1-8(15)3-9(2)16-12-5-10(7-14)4-11(13)6-12/h4-7,9H,3H2,1-2H3. The van der Waals surface area contributed by atoms with Gasteiger partial charge >= 0.3 is 0 Å². The van der Waals surface area contributed by atoms with E-state index < -0.39 is 5.82 Å². The number of ether oxygens (including phenoxy) is 1. The van der Waals surface area contributed by atoms with Gasteiger partial charge in [0, 0.05) is 18.1 Å². The average molecular weight is 224 g/mol. The first-order chi connectivity index (χ1) is 7.51. The Bertz CT molecular complexity index is 401. The molecule has 0 amide bonds. The summed E-state index contributed by atoms with van der Waals surface area (Å²) in [5.41, 5.74) is 0.213. The molecule has 0 aliphatic heterocycles. The molecule has 0 saturated carbocycles. The zero-order chi connectivity index (χ0) is 12.1. The lowest BCUT2D eigenvalue weighted by Crippen LogP contribution is -2.15. The smallest absolute Gasteiger partial charge is 0.150 e. The maximum atomic E-state index is 13.0. The Hall–Kier alpha value is -1.71. The van der Waals surface area contributed by atoms with Crippen LogP contribution >= 0.6 is 0 Å². The zero-order valence-electron chi connectivity index (χ0n) is 9.20. The SMILES string of the molecule is CC(=O)CC(C)Oc1cc(F)cc(C=O)c1. The van der Waals surface area contributed by atoms with Crippen molar-refractivity contribution >= 4 is 12.1 Å². The highest BCUT2D eigenvalue weighted by Crippen LogP contribution is 2.17. The van der Waals surface area contributed by atoms with Crippen molar-refractivity contribution in [2.24, 2.45) is 0 Å². The zero-order valence-corrected chi connectivity index (χ0v) is 9.20. The minimum absolute atomic E-state index is 0.000450. The topological polar surface area (TPSA) is 43.4 Å².